The average Bonchev–Trinajstić information content (AvgIpc) is 3.26. The van der Waals surface area contributed by atoms with Gasteiger partial charge in [-0.25, -0.2) is 8.78 Å². The number of methoxy groups -OCH3 is 1. The molecule has 5 nitrogen and oxygen atoms in total. The van der Waals surface area contributed by atoms with Crippen LogP contribution in [0.4, 0.5) is 8.78 Å². The van der Waals surface area contributed by atoms with Crippen molar-refractivity contribution in [3.05, 3.63) is 81.3 Å². The van der Waals surface area contributed by atoms with Gasteiger partial charge in [-0.3, -0.25) is 9.59 Å². The highest BCUT2D eigenvalue weighted by Crippen LogP contribution is 2.40. The molecule has 9 heteroatoms. The van der Waals surface area contributed by atoms with Gasteiger partial charge < -0.3 is 15.4 Å². The zero-order valence-corrected chi connectivity index (χ0v) is 22.1. The van der Waals surface area contributed by atoms with Crippen LogP contribution in [0.1, 0.15) is 53.4 Å². The fourth-order valence-electron chi connectivity index (χ4n) is 4.70. The van der Waals surface area contributed by atoms with Gasteiger partial charge in [0.15, 0.2) is 0 Å². The maximum atomic E-state index is 14.5. The minimum absolute atomic E-state index is 0.00186. The van der Waals surface area contributed by atoms with Crippen molar-refractivity contribution >= 4 is 50.3 Å². The van der Waals surface area contributed by atoms with Crippen molar-refractivity contribution in [2.45, 2.75) is 45.2 Å². The van der Waals surface area contributed by atoms with Gasteiger partial charge in [-0.2, -0.15) is 0 Å². The van der Waals surface area contributed by atoms with Gasteiger partial charge in [0.25, 0.3) is 5.91 Å². The van der Waals surface area contributed by atoms with Crippen molar-refractivity contribution in [3.8, 4) is 5.75 Å². The number of benzene rings is 2. The lowest BCUT2D eigenvalue weighted by Gasteiger charge is -2.34. The topological polar surface area (TPSA) is 72.6 Å². The summed E-state index contributed by atoms with van der Waals surface area (Å²) in [4.78, 5) is 27.6. The van der Waals surface area contributed by atoms with Crippen LogP contribution in [0.3, 0.4) is 0 Å². The van der Waals surface area contributed by atoms with Crippen LogP contribution in [0.2, 0.25) is 5.02 Å². The number of allylic oxidation sites excluding steroid dienone is 3. The smallest absolute Gasteiger partial charge is 0.266 e. The predicted octanol–water partition coefficient (Wildman–Crippen LogP) is 6.87. The van der Waals surface area contributed by atoms with Crippen LogP contribution in [0, 0.1) is 11.6 Å². The lowest BCUT2D eigenvalue weighted by Crippen LogP contribution is -2.42. The molecule has 2 N–H and O–H groups in total. The molecular formula is C28H27ClF2N2O3S. The molecule has 0 radical (unpaired) electrons. The van der Waals surface area contributed by atoms with E-state index in [0.717, 1.165) is 40.2 Å². The molecule has 1 saturated carbocycles. The third-order valence-electron chi connectivity index (χ3n) is 6.63. The highest BCUT2D eigenvalue weighted by Gasteiger charge is 2.32. The van der Waals surface area contributed by atoms with E-state index in [9.17, 15) is 18.4 Å². The zero-order valence-electron chi connectivity index (χ0n) is 20.5. The number of nitrogens with two attached hydrogens (primary N) is 1. The molecule has 1 amide bonds. The summed E-state index contributed by atoms with van der Waals surface area (Å²) in [5, 5.41) is -0.205. The molecule has 1 aliphatic rings. The summed E-state index contributed by atoms with van der Waals surface area (Å²) in [5.74, 6) is -1.03. The summed E-state index contributed by atoms with van der Waals surface area (Å²) >= 11 is 7.30. The monoisotopic (exact) mass is 544 g/mol. The first kappa shape index (κ1) is 26.8. The Hall–Kier alpha value is -3.23. The van der Waals surface area contributed by atoms with E-state index in [-0.39, 0.29) is 38.4 Å². The number of thiophene rings is 1. The van der Waals surface area contributed by atoms with E-state index >= 15 is 0 Å². The Kier molecular flexibility index (Phi) is 8.29. The van der Waals surface area contributed by atoms with E-state index in [1.54, 1.807) is 18.1 Å². The highest BCUT2D eigenvalue weighted by molar-refractivity contribution is 7.21. The lowest BCUT2D eigenvalue weighted by molar-refractivity contribution is -0.121. The second-order valence-corrected chi connectivity index (χ2v) is 10.2. The lowest BCUT2D eigenvalue weighted by atomic mass is 9.92. The van der Waals surface area contributed by atoms with Gasteiger partial charge in [-0.05, 0) is 67.4 Å². The predicted molar refractivity (Wildman–Crippen MR) is 144 cm³/mol. The largest absolute Gasteiger partial charge is 0.496 e. The normalized spacial score (nSPS) is 15.1. The first-order valence-electron chi connectivity index (χ1n) is 11.9. The van der Waals surface area contributed by atoms with Gasteiger partial charge in [0.1, 0.15) is 28.0 Å². The molecule has 0 saturated heterocycles. The maximum absolute atomic E-state index is 14.5. The number of fused-ring (bicyclic) bond motifs is 1. The number of amides is 1. The molecule has 1 aliphatic carbocycles. The minimum Gasteiger partial charge on any atom is -0.496 e. The molecule has 1 aromatic heterocycles. The van der Waals surface area contributed by atoms with E-state index in [1.165, 1.54) is 6.20 Å². The Balaban J connectivity index is 1.79. The number of ether oxygens (including phenoxy) is 1. The van der Waals surface area contributed by atoms with Crippen LogP contribution in [0.15, 0.2) is 48.7 Å². The van der Waals surface area contributed by atoms with Gasteiger partial charge in [0.05, 0.1) is 22.2 Å². The number of nitrogens with zero attached hydrogens (tertiary/aromatic N) is 1. The number of ketones is 1. The van der Waals surface area contributed by atoms with Gasteiger partial charge in [0, 0.05) is 31.0 Å². The second-order valence-electron chi connectivity index (χ2n) is 8.81. The molecule has 1 heterocycles. The third-order valence-corrected chi connectivity index (χ3v) is 8.31. The van der Waals surface area contributed by atoms with Crippen molar-refractivity contribution in [1.82, 2.24) is 4.90 Å². The van der Waals surface area contributed by atoms with Crippen molar-refractivity contribution in [2.24, 2.45) is 5.73 Å². The number of carbonyl (C=O) groups excluding carboxylic acids is 2. The Morgan fingerprint density at radius 3 is 2.54 bits per heavy atom. The standard InChI is InChI=1S/C28H27ClF2N2O3S/c1-3-16(12-13-32)17-4-11-23(36-2)18(14-17)15-33(19-5-7-20(34)8-6-19)28(35)27-25(29)24-21(30)9-10-22(31)26(24)37-27/h3-4,9-14,19H,5-8,15,32H2,1-2H3/b13-12-,16-3+. The molecule has 0 atom stereocenters. The number of carbonyl (C=O) groups is 2. The molecule has 0 spiro atoms. The number of halogens is 3. The molecule has 37 heavy (non-hydrogen) atoms. The fraction of sp³-hybridized carbons (Fsp3) is 0.286. The zero-order chi connectivity index (χ0) is 26.7. The summed E-state index contributed by atoms with van der Waals surface area (Å²) in [6.07, 6.45) is 6.86. The Morgan fingerprint density at radius 2 is 1.92 bits per heavy atom. The molecule has 0 unspecified atom stereocenters. The Labute approximate surface area is 223 Å². The van der Waals surface area contributed by atoms with Crippen molar-refractivity contribution in [1.29, 1.82) is 0 Å². The third kappa shape index (κ3) is 5.40. The molecule has 4 rings (SSSR count). The molecule has 0 bridgehead atoms. The quantitative estimate of drug-likeness (QED) is 0.329. The summed E-state index contributed by atoms with van der Waals surface area (Å²) < 4.78 is 34.6. The van der Waals surface area contributed by atoms with Gasteiger partial charge in [0.2, 0.25) is 0 Å². The molecule has 194 valence electrons. The fourth-order valence-corrected chi connectivity index (χ4v) is 6.20. The Bertz CT molecular complexity index is 1410. The molecule has 3 aromatic rings. The van der Waals surface area contributed by atoms with E-state index in [0.29, 0.717) is 31.4 Å². The first-order chi connectivity index (χ1) is 17.8. The van der Waals surface area contributed by atoms with Crippen molar-refractivity contribution < 1.29 is 23.1 Å². The molecule has 0 aliphatic heterocycles. The van der Waals surface area contributed by atoms with E-state index in [1.807, 2.05) is 31.2 Å². The number of Topliss-reactive ketones (excluding diaryl/α,β-unsaturated/α-hetero) is 1. The molecular weight excluding hydrogens is 518 g/mol. The number of hydrogen-bond acceptors (Lipinski definition) is 5. The van der Waals surface area contributed by atoms with Crippen LogP contribution < -0.4 is 10.5 Å². The maximum Gasteiger partial charge on any atom is 0.266 e. The van der Waals surface area contributed by atoms with E-state index in [2.05, 4.69) is 0 Å². The summed E-state index contributed by atoms with van der Waals surface area (Å²) in [6, 6.07) is 7.42. The first-order valence-corrected chi connectivity index (χ1v) is 13.1. The second kappa shape index (κ2) is 11.4. The van der Waals surface area contributed by atoms with Gasteiger partial charge >= 0.3 is 0 Å². The van der Waals surface area contributed by atoms with Gasteiger partial charge in [-0.1, -0.05) is 23.7 Å². The molecule has 1 fully saturated rings. The molecule has 2 aromatic carbocycles. The SMILES string of the molecule is C/C=C(\C=C/N)c1ccc(OC)c(CN(C(=O)c2sc3c(F)ccc(F)c3c2Cl)C2CCC(=O)CC2)c1. The minimum atomic E-state index is -0.687. The number of hydrogen-bond donors (Lipinski definition) is 1. The van der Waals surface area contributed by atoms with Crippen LogP contribution in [0.25, 0.3) is 15.7 Å². The van der Waals surface area contributed by atoms with Crippen LogP contribution >= 0.6 is 22.9 Å². The van der Waals surface area contributed by atoms with Crippen molar-refractivity contribution in [3.63, 3.8) is 0 Å². The van der Waals surface area contributed by atoms with Crippen LogP contribution in [0.5, 0.6) is 5.75 Å². The van der Waals surface area contributed by atoms with Crippen LogP contribution in [-0.4, -0.2) is 29.7 Å². The van der Waals surface area contributed by atoms with Crippen molar-refractivity contribution in [2.75, 3.05) is 7.11 Å². The number of rotatable bonds is 7. The summed E-state index contributed by atoms with van der Waals surface area (Å²) in [7, 11) is 1.55. The van der Waals surface area contributed by atoms with E-state index in [4.69, 9.17) is 22.1 Å². The summed E-state index contributed by atoms with van der Waals surface area (Å²) in [5.41, 5.74) is 8.13. The van der Waals surface area contributed by atoms with Crippen LogP contribution in [-0.2, 0) is 11.3 Å². The highest BCUT2D eigenvalue weighted by atomic mass is 35.5. The van der Waals surface area contributed by atoms with E-state index < -0.39 is 17.5 Å². The Morgan fingerprint density at radius 1 is 1.22 bits per heavy atom. The average molecular weight is 545 g/mol. The summed E-state index contributed by atoms with van der Waals surface area (Å²) in [6.45, 7) is 2.06. The van der Waals surface area contributed by atoms with Gasteiger partial charge in [-0.15, -0.1) is 11.3 Å².